The molecule has 1 amide bonds. The number of carboxylic acids is 1. The zero-order valence-electron chi connectivity index (χ0n) is 12.1. The fraction of sp³-hybridized carbons (Fsp3) is 0.176. The largest absolute Gasteiger partial charge is 0.481 e. The lowest BCUT2D eigenvalue weighted by Gasteiger charge is -2.16. The Morgan fingerprint density at radius 2 is 1.65 bits per heavy atom. The van der Waals surface area contributed by atoms with Crippen molar-refractivity contribution in [3.05, 3.63) is 53.0 Å². The van der Waals surface area contributed by atoms with E-state index in [0.717, 1.165) is 4.47 Å². The minimum absolute atomic E-state index is 0.0481. The lowest BCUT2D eigenvalue weighted by atomic mass is 10.1. The second-order valence-electron chi connectivity index (χ2n) is 5.29. The standard InChI is InChI=1S/C17H14BrNO4/c18-12-1-5-14(6-2-12)23-15-7-3-13(4-8-15)19-10-11(17(21)22)9-16(19)20/h1-8,11H,9-10H2,(H,21,22). The highest BCUT2D eigenvalue weighted by Gasteiger charge is 2.34. The Morgan fingerprint density at radius 3 is 2.17 bits per heavy atom. The van der Waals surface area contributed by atoms with Gasteiger partial charge in [-0.2, -0.15) is 0 Å². The summed E-state index contributed by atoms with van der Waals surface area (Å²) in [7, 11) is 0. The van der Waals surface area contributed by atoms with E-state index in [-0.39, 0.29) is 18.9 Å². The van der Waals surface area contributed by atoms with Crippen molar-refractivity contribution in [1.29, 1.82) is 0 Å². The van der Waals surface area contributed by atoms with Crippen LogP contribution in [0.4, 0.5) is 5.69 Å². The van der Waals surface area contributed by atoms with Crippen LogP contribution in [0.15, 0.2) is 53.0 Å². The lowest BCUT2D eigenvalue weighted by Crippen LogP contribution is -2.25. The SMILES string of the molecule is O=C(O)C1CC(=O)N(c2ccc(Oc3ccc(Br)cc3)cc2)C1. The van der Waals surface area contributed by atoms with Gasteiger partial charge < -0.3 is 14.7 Å². The summed E-state index contributed by atoms with van der Waals surface area (Å²) in [5.74, 6) is -0.377. The van der Waals surface area contributed by atoms with Crippen molar-refractivity contribution >= 4 is 33.5 Å². The van der Waals surface area contributed by atoms with Gasteiger partial charge in [0.05, 0.1) is 5.92 Å². The number of ether oxygens (including phenoxy) is 1. The molecule has 3 rings (SSSR count). The molecule has 5 nitrogen and oxygen atoms in total. The van der Waals surface area contributed by atoms with E-state index in [1.807, 2.05) is 24.3 Å². The maximum Gasteiger partial charge on any atom is 0.308 e. The van der Waals surface area contributed by atoms with E-state index in [0.29, 0.717) is 17.2 Å². The third kappa shape index (κ3) is 3.53. The number of carboxylic acid groups (broad SMARTS) is 1. The first kappa shape index (κ1) is 15.6. The normalized spacial score (nSPS) is 17.3. The predicted octanol–water partition coefficient (Wildman–Crippen LogP) is 3.68. The molecule has 0 aromatic heterocycles. The minimum atomic E-state index is -0.934. The van der Waals surface area contributed by atoms with Crippen LogP contribution in [0.5, 0.6) is 11.5 Å². The molecule has 1 heterocycles. The molecule has 1 atom stereocenters. The minimum Gasteiger partial charge on any atom is -0.481 e. The molecular weight excluding hydrogens is 362 g/mol. The third-order valence-electron chi connectivity index (χ3n) is 3.67. The maximum absolute atomic E-state index is 11.9. The van der Waals surface area contributed by atoms with Crippen LogP contribution in [-0.4, -0.2) is 23.5 Å². The number of rotatable bonds is 4. The molecule has 1 fully saturated rings. The fourth-order valence-corrected chi connectivity index (χ4v) is 2.72. The van der Waals surface area contributed by atoms with E-state index >= 15 is 0 Å². The van der Waals surface area contributed by atoms with Crippen LogP contribution < -0.4 is 9.64 Å². The number of aliphatic carboxylic acids is 1. The number of carbonyl (C=O) groups is 2. The average Bonchev–Trinajstić information content (AvgIpc) is 2.93. The smallest absolute Gasteiger partial charge is 0.308 e. The van der Waals surface area contributed by atoms with Gasteiger partial charge in [-0.3, -0.25) is 9.59 Å². The van der Waals surface area contributed by atoms with Gasteiger partial charge in [-0.25, -0.2) is 0 Å². The molecule has 2 aromatic rings. The van der Waals surface area contributed by atoms with Crippen LogP contribution in [-0.2, 0) is 9.59 Å². The Morgan fingerprint density at radius 1 is 1.09 bits per heavy atom. The van der Waals surface area contributed by atoms with E-state index in [4.69, 9.17) is 9.84 Å². The van der Waals surface area contributed by atoms with Crippen molar-refractivity contribution in [2.24, 2.45) is 5.92 Å². The summed E-state index contributed by atoms with van der Waals surface area (Å²) in [6.45, 7) is 0.209. The number of anilines is 1. The van der Waals surface area contributed by atoms with E-state index in [9.17, 15) is 9.59 Å². The van der Waals surface area contributed by atoms with Crippen LogP contribution in [0.1, 0.15) is 6.42 Å². The number of halogens is 1. The topological polar surface area (TPSA) is 66.8 Å². The van der Waals surface area contributed by atoms with Crippen LogP contribution in [0.2, 0.25) is 0 Å². The summed E-state index contributed by atoms with van der Waals surface area (Å²) in [6, 6.07) is 14.5. The molecule has 1 aliphatic heterocycles. The van der Waals surface area contributed by atoms with Crippen molar-refractivity contribution in [1.82, 2.24) is 0 Å². The second kappa shape index (κ2) is 6.42. The molecular formula is C17H14BrNO4. The molecule has 0 saturated carbocycles. The zero-order valence-corrected chi connectivity index (χ0v) is 13.7. The molecule has 1 N–H and O–H groups in total. The summed E-state index contributed by atoms with van der Waals surface area (Å²) < 4.78 is 6.69. The number of hydrogen-bond acceptors (Lipinski definition) is 3. The highest BCUT2D eigenvalue weighted by atomic mass is 79.9. The predicted molar refractivity (Wildman–Crippen MR) is 88.8 cm³/mol. The summed E-state index contributed by atoms with van der Waals surface area (Å²) in [5, 5.41) is 9.02. The van der Waals surface area contributed by atoms with Crippen LogP contribution >= 0.6 is 15.9 Å². The van der Waals surface area contributed by atoms with Crippen molar-refractivity contribution in [3.63, 3.8) is 0 Å². The first-order chi connectivity index (χ1) is 11.0. The van der Waals surface area contributed by atoms with E-state index in [2.05, 4.69) is 15.9 Å². The monoisotopic (exact) mass is 375 g/mol. The Bertz CT molecular complexity index is 727. The van der Waals surface area contributed by atoms with Gasteiger partial charge in [-0.15, -0.1) is 0 Å². The molecule has 1 unspecified atom stereocenters. The number of hydrogen-bond donors (Lipinski definition) is 1. The summed E-state index contributed by atoms with van der Waals surface area (Å²) in [4.78, 5) is 24.4. The van der Waals surface area contributed by atoms with Crippen LogP contribution in [0.25, 0.3) is 0 Å². The van der Waals surface area contributed by atoms with Crippen LogP contribution in [0, 0.1) is 5.92 Å². The first-order valence-corrected chi connectivity index (χ1v) is 7.89. The highest BCUT2D eigenvalue weighted by molar-refractivity contribution is 9.10. The third-order valence-corrected chi connectivity index (χ3v) is 4.20. The summed E-state index contributed by atoms with van der Waals surface area (Å²) in [6.07, 6.45) is 0.0481. The van der Waals surface area contributed by atoms with Crippen molar-refractivity contribution < 1.29 is 19.4 Å². The van der Waals surface area contributed by atoms with Gasteiger partial charge in [0.1, 0.15) is 11.5 Å². The van der Waals surface area contributed by atoms with Gasteiger partial charge in [-0.05, 0) is 48.5 Å². The quantitative estimate of drug-likeness (QED) is 0.884. The van der Waals surface area contributed by atoms with Crippen molar-refractivity contribution in [2.75, 3.05) is 11.4 Å². The molecule has 23 heavy (non-hydrogen) atoms. The number of benzene rings is 2. The highest BCUT2D eigenvalue weighted by Crippen LogP contribution is 2.29. The number of nitrogens with zero attached hydrogens (tertiary/aromatic N) is 1. The summed E-state index contributed by atoms with van der Waals surface area (Å²) >= 11 is 3.36. The Balaban J connectivity index is 1.71. The first-order valence-electron chi connectivity index (χ1n) is 7.09. The average molecular weight is 376 g/mol. The molecule has 0 radical (unpaired) electrons. The zero-order chi connectivity index (χ0) is 16.4. The Labute approximate surface area is 141 Å². The van der Waals surface area contributed by atoms with Crippen LogP contribution in [0.3, 0.4) is 0 Å². The van der Waals surface area contributed by atoms with Gasteiger partial charge in [0.25, 0.3) is 0 Å². The fourth-order valence-electron chi connectivity index (χ4n) is 2.46. The number of carbonyl (C=O) groups excluding carboxylic acids is 1. The van der Waals surface area contributed by atoms with E-state index in [1.54, 1.807) is 24.3 Å². The molecule has 1 saturated heterocycles. The maximum atomic E-state index is 11.9. The van der Waals surface area contributed by atoms with Crippen molar-refractivity contribution in [3.8, 4) is 11.5 Å². The Hall–Kier alpha value is -2.34. The Kier molecular flexibility index (Phi) is 4.34. The molecule has 118 valence electrons. The van der Waals surface area contributed by atoms with Gasteiger partial charge >= 0.3 is 5.97 Å². The molecule has 6 heteroatoms. The second-order valence-corrected chi connectivity index (χ2v) is 6.21. The molecule has 0 bridgehead atoms. The van der Waals surface area contributed by atoms with Crippen molar-refractivity contribution in [2.45, 2.75) is 6.42 Å². The van der Waals surface area contributed by atoms with Gasteiger partial charge in [0, 0.05) is 23.1 Å². The van der Waals surface area contributed by atoms with Gasteiger partial charge in [-0.1, -0.05) is 15.9 Å². The molecule has 0 aliphatic carbocycles. The van der Waals surface area contributed by atoms with Gasteiger partial charge in [0.15, 0.2) is 0 Å². The number of amides is 1. The van der Waals surface area contributed by atoms with E-state index < -0.39 is 11.9 Å². The summed E-state index contributed by atoms with van der Waals surface area (Å²) in [5.41, 5.74) is 0.682. The van der Waals surface area contributed by atoms with Gasteiger partial charge in [0.2, 0.25) is 5.91 Å². The molecule has 0 spiro atoms. The lowest BCUT2D eigenvalue weighted by molar-refractivity contribution is -0.141. The molecule has 2 aromatic carbocycles. The molecule has 1 aliphatic rings. The van der Waals surface area contributed by atoms with E-state index in [1.165, 1.54) is 4.90 Å².